The number of nitrogens with zero attached hydrogens (tertiary/aromatic N) is 2. The number of benzene rings is 1. The van der Waals surface area contributed by atoms with Gasteiger partial charge in [0.1, 0.15) is 5.82 Å². The second-order valence-electron chi connectivity index (χ2n) is 7.74. The van der Waals surface area contributed by atoms with E-state index in [2.05, 4.69) is 16.9 Å². The average Bonchev–Trinajstić information content (AvgIpc) is 2.73. The Morgan fingerprint density at radius 1 is 1.10 bits per heavy atom. The summed E-state index contributed by atoms with van der Waals surface area (Å²) in [5.74, 6) is 0.695. The van der Waals surface area contributed by atoms with Gasteiger partial charge in [0.25, 0.3) is 5.56 Å². The molecule has 0 aliphatic carbocycles. The maximum atomic E-state index is 13.0. The predicted molar refractivity (Wildman–Crippen MR) is 119 cm³/mol. The molecule has 0 aliphatic rings. The predicted octanol–water partition coefficient (Wildman–Crippen LogP) is 4.30. The third-order valence-electron chi connectivity index (χ3n) is 5.41. The third-order valence-corrected chi connectivity index (χ3v) is 5.41. The van der Waals surface area contributed by atoms with Crippen LogP contribution in [0.1, 0.15) is 83.5 Å². The van der Waals surface area contributed by atoms with E-state index in [1.807, 2.05) is 30.0 Å². The number of hydrogen-bond acceptors (Lipinski definition) is 4. The molecule has 0 saturated heterocycles. The van der Waals surface area contributed by atoms with Crippen molar-refractivity contribution < 1.29 is 4.79 Å². The highest BCUT2D eigenvalue weighted by molar-refractivity contribution is 5.78. The maximum absolute atomic E-state index is 13.0. The third kappa shape index (κ3) is 6.96. The van der Waals surface area contributed by atoms with Crippen LogP contribution in [0.3, 0.4) is 0 Å². The fraction of sp³-hybridized carbons (Fsp3) is 0.609. The Bertz CT molecular complexity index is 818. The molecule has 0 fully saturated rings. The van der Waals surface area contributed by atoms with E-state index in [4.69, 9.17) is 5.73 Å². The first-order valence-corrected chi connectivity index (χ1v) is 11.1. The second kappa shape index (κ2) is 12.4. The van der Waals surface area contributed by atoms with Crippen molar-refractivity contribution >= 4 is 16.8 Å². The van der Waals surface area contributed by atoms with Crippen molar-refractivity contribution in [2.45, 2.75) is 77.7 Å². The molecule has 1 heterocycles. The first kappa shape index (κ1) is 23.1. The number of H-pyrrole nitrogens is 1. The van der Waals surface area contributed by atoms with Crippen LogP contribution in [-0.4, -0.2) is 33.9 Å². The fourth-order valence-corrected chi connectivity index (χ4v) is 3.61. The number of carbonyl (C=O) groups excluding carboxylic acids is 1. The van der Waals surface area contributed by atoms with Crippen LogP contribution in [-0.2, 0) is 4.79 Å². The monoisotopic (exact) mass is 400 g/mol. The van der Waals surface area contributed by atoms with E-state index in [1.54, 1.807) is 6.07 Å². The number of nitrogens with two attached hydrogens (primary N) is 1. The van der Waals surface area contributed by atoms with Gasteiger partial charge in [-0.1, -0.05) is 51.2 Å². The summed E-state index contributed by atoms with van der Waals surface area (Å²) in [4.78, 5) is 34.9. The average molecular weight is 401 g/mol. The van der Waals surface area contributed by atoms with E-state index in [0.717, 1.165) is 51.4 Å². The summed E-state index contributed by atoms with van der Waals surface area (Å²) in [7, 11) is 0. The van der Waals surface area contributed by atoms with Crippen molar-refractivity contribution in [1.82, 2.24) is 14.9 Å². The molecule has 0 bridgehead atoms. The van der Waals surface area contributed by atoms with Crippen LogP contribution in [0.15, 0.2) is 29.1 Å². The zero-order chi connectivity index (χ0) is 21.1. The molecule has 160 valence electrons. The zero-order valence-corrected chi connectivity index (χ0v) is 18.0. The lowest BCUT2D eigenvalue weighted by Crippen LogP contribution is -2.36. The van der Waals surface area contributed by atoms with Gasteiger partial charge in [-0.25, -0.2) is 4.98 Å². The smallest absolute Gasteiger partial charge is 0.258 e. The molecular formula is C23H36N4O2. The lowest BCUT2D eigenvalue weighted by molar-refractivity contribution is -0.133. The minimum absolute atomic E-state index is 0.142. The summed E-state index contributed by atoms with van der Waals surface area (Å²) < 4.78 is 0. The molecule has 29 heavy (non-hydrogen) atoms. The minimum Gasteiger partial charge on any atom is -0.333 e. The molecule has 0 radical (unpaired) electrons. The normalized spacial score (nSPS) is 12.2. The number of carbonyl (C=O) groups is 1. The standard InChI is InChI=1S/C23H36N4O2/c1-3-4-5-8-15-21(28)27(17-12-7-6-11-16-24)18(2)22-25-20-14-10-9-13-19(20)23(29)26-22/h9-10,13-14,18H,3-8,11-12,15-17,24H2,1-2H3,(H,25,26,29)/t18-/m0/s1. The van der Waals surface area contributed by atoms with Gasteiger partial charge in [0.15, 0.2) is 0 Å². The van der Waals surface area contributed by atoms with Crippen molar-refractivity contribution in [2.75, 3.05) is 13.1 Å². The molecule has 1 aromatic heterocycles. The Kier molecular flexibility index (Phi) is 9.84. The highest BCUT2D eigenvalue weighted by Gasteiger charge is 2.23. The van der Waals surface area contributed by atoms with Crippen LogP contribution in [0.4, 0.5) is 0 Å². The van der Waals surface area contributed by atoms with Gasteiger partial charge in [-0.2, -0.15) is 0 Å². The number of para-hydroxylation sites is 1. The number of hydrogen-bond donors (Lipinski definition) is 2. The van der Waals surface area contributed by atoms with Crippen LogP contribution >= 0.6 is 0 Å². The van der Waals surface area contributed by atoms with Gasteiger partial charge in [-0.3, -0.25) is 9.59 Å². The Morgan fingerprint density at radius 2 is 1.83 bits per heavy atom. The summed E-state index contributed by atoms with van der Waals surface area (Å²) in [6.07, 6.45) is 8.91. The van der Waals surface area contributed by atoms with Crippen LogP contribution in [0.25, 0.3) is 10.9 Å². The van der Waals surface area contributed by atoms with Gasteiger partial charge in [-0.15, -0.1) is 0 Å². The molecule has 0 aliphatic heterocycles. The fourth-order valence-electron chi connectivity index (χ4n) is 3.61. The highest BCUT2D eigenvalue weighted by atomic mass is 16.2. The largest absolute Gasteiger partial charge is 0.333 e. The van der Waals surface area contributed by atoms with Gasteiger partial charge in [0.2, 0.25) is 5.91 Å². The van der Waals surface area contributed by atoms with Crippen molar-refractivity contribution in [1.29, 1.82) is 0 Å². The first-order valence-electron chi connectivity index (χ1n) is 11.1. The van der Waals surface area contributed by atoms with E-state index in [-0.39, 0.29) is 17.5 Å². The van der Waals surface area contributed by atoms with Crippen LogP contribution < -0.4 is 11.3 Å². The summed E-state index contributed by atoms with van der Waals surface area (Å²) in [5, 5.41) is 0.572. The SMILES string of the molecule is CCCCCCC(=O)N(CCCCCCN)[C@@H](C)c1nc2ccccc2c(=O)[nH]1. The molecule has 2 rings (SSSR count). The summed E-state index contributed by atoms with van der Waals surface area (Å²) in [6.45, 7) is 5.50. The van der Waals surface area contributed by atoms with Gasteiger partial charge in [-0.05, 0) is 44.9 Å². The number of nitrogens with one attached hydrogen (secondary N) is 1. The van der Waals surface area contributed by atoms with Crippen LogP contribution in [0, 0.1) is 0 Å². The Hall–Kier alpha value is -2.21. The lowest BCUT2D eigenvalue weighted by atomic mass is 10.1. The molecule has 1 amide bonds. The molecular weight excluding hydrogens is 364 g/mol. The summed E-state index contributed by atoms with van der Waals surface area (Å²) in [6, 6.07) is 7.04. The Labute approximate surface area is 173 Å². The van der Waals surface area contributed by atoms with Gasteiger partial charge in [0.05, 0.1) is 16.9 Å². The van der Waals surface area contributed by atoms with Gasteiger partial charge >= 0.3 is 0 Å². The molecule has 0 spiro atoms. The number of unbranched alkanes of at least 4 members (excludes halogenated alkanes) is 6. The van der Waals surface area contributed by atoms with Crippen LogP contribution in [0.5, 0.6) is 0 Å². The summed E-state index contributed by atoms with van der Waals surface area (Å²) in [5.41, 5.74) is 6.08. The highest BCUT2D eigenvalue weighted by Crippen LogP contribution is 2.21. The lowest BCUT2D eigenvalue weighted by Gasteiger charge is -2.29. The minimum atomic E-state index is -0.263. The van der Waals surface area contributed by atoms with E-state index in [0.29, 0.717) is 36.2 Å². The second-order valence-corrected chi connectivity index (χ2v) is 7.74. The topological polar surface area (TPSA) is 92.1 Å². The molecule has 1 atom stereocenters. The quantitative estimate of drug-likeness (QED) is 0.490. The number of rotatable bonds is 13. The van der Waals surface area contributed by atoms with E-state index >= 15 is 0 Å². The van der Waals surface area contributed by atoms with Crippen molar-refractivity contribution in [2.24, 2.45) is 5.73 Å². The van der Waals surface area contributed by atoms with E-state index in [1.165, 1.54) is 0 Å². The summed E-state index contributed by atoms with van der Waals surface area (Å²) >= 11 is 0. The van der Waals surface area contributed by atoms with E-state index in [9.17, 15) is 9.59 Å². The molecule has 6 nitrogen and oxygen atoms in total. The van der Waals surface area contributed by atoms with Gasteiger partial charge < -0.3 is 15.6 Å². The molecule has 6 heteroatoms. The molecule has 0 unspecified atom stereocenters. The maximum Gasteiger partial charge on any atom is 0.258 e. The first-order chi connectivity index (χ1) is 14.1. The molecule has 3 N–H and O–H groups in total. The zero-order valence-electron chi connectivity index (χ0n) is 18.0. The molecule has 1 aromatic carbocycles. The van der Waals surface area contributed by atoms with Crippen molar-refractivity contribution in [3.8, 4) is 0 Å². The molecule has 2 aromatic rings. The van der Waals surface area contributed by atoms with E-state index < -0.39 is 0 Å². The Morgan fingerprint density at radius 3 is 2.59 bits per heavy atom. The van der Waals surface area contributed by atoms with Crippen LogP contribution in [0.2, 0.25) is 0 Å². The van der Waals surface area contributed by atoms with Gasteiger partial charge in [0, 0.05) is 13.0 Å². The Balaban J connectivity index is 2.14. The number of aromatic nitrogens is 2. The number of amides is 1. The van der Waals surface area contributed by atoms with Crippen molar-refractivity contribution in [3.63, 3.8) is 0 Å². The molecule has 0 saturated carbocycles. The van der Waals surface area contributed by atoms with Crippen molar-refractivity contribution in [3.05, 3.63) is 40.4 Å². The number of aromatic amines is 1. The number of fused-ring (bicyclic) bond motifs is 1.